The molecule has 28 heavy (non-hydrogen) atoms. The molecule has 1 saturated heterocycles. The van der Waals surface area contributed by atoms with Gasteiger partial charge < -0.3 is 14.3 Å². The quantitative estimate of drug-likeness (QED) is 0.787. The Labute approximate surface area is 164 Å². The fourth-order valence-corrected chi connectivity index (χ4v) is 3.78. The summed E-state index contributed by atoms with van der Waals surface area (Å²) in [6.07, 6.45) is 0.377. The van der Waals surface area contributed by atoms with Gasteiger partial charge in [0.05, 0.1) is 25.3 Å². The Hall–Kier alpha value is -3.02. The normalized spacial score (nSPS) is 23.2. The van der Waals surface area contributed by atoms with Crippen LogP contribution in [0.4, 0.5) is 4.79 Å². The molecule has 2 aromatic rings. The average Bonchev–Trinajstić information content (AvgIpc) is 3.25. The average molecular weight is 380 g/mol. The highest BCUT2D eigenvalue weighted by molar-refractivity contribution is 6.01. The van der Waals surface area contributed by atoms with E-state index in [0.29, 0.717) is 12.8 Å². The van der Waals surface area contributed by atoms with Crippen LogP contribution in [0.5, 0.6) is 5.75 Å². The van der Waals surface area contributed by atoms with Crippen LogP contribution in [0.15, 0.2) is 59.8 Å². The van der Waals surface area contributed by atoms with Crippen molar-refractivity contribution in [3.63, 3.8) is 0 Å². The van der Waals surface area contributed by atoms with Gasteiger partial charge in [-0.05, 0) is 55.7 Å². The van der Waals surface area contributed by atoms with Crippen molar-refractivity contribution in [2.75, 3.05) is 7.11 Å². The van der Waals surface area contributed by atoms with Gasteiger partial charge in [-0.15, -0.1) is 0 Å². The van der Waals surface area contributed by atoms with Crippen molar-refractivity contribution >= 4 is 11.8 Å². The van der Waals surface area contributed by atoms with Crippen molar-refractivity contribution in [1.29, 1.82) is 0 Å². The summed E-state index contributed by atoms with van der Waals surface area (Å²) >= 11 is 0. The van der Waals surface area contributed by atoms with Crippen molar-refractivity contribution in [1.82, 2.24) is 4.90 Å². The van der Waals surface area contributed by atoms with Gasteiger partial charge in [-0.2, -0.15) is 0 Å². The van der Waals surface area contributed by atoms with Crippen LogP contribution in [0, 0.1) is 0 Å². The third-order valence-corrected chi connectivity index (χ3v) is 5.36. The van der Waals surface area contributed by atoms with Crippen LogP contribution in [0.1, 0.15) is 31.4 Å². The van der Waals surface area contributed by atoms with Crippen LogP contribution in [-0.2, 0) is 16.0 Å². The number of carbonyl (C=O) groups excluding carboxylic acids is 1. The first-order valence-corrected chi connectivity index (χ1v) is 9.40. The highest BCUT2D eigenvalue weighted by Gasteiger charge is 2.52. The molecule has 1 amide bonds. The number of benzene rings is 2. The largest absolute Gasteiger partial charge is 0.497 e. The van der Waals surface area contributed by atoms with E-state index in [4.69, 9.17) is 14.3 Å². The molecule has 0 bridgehead atoms. The van der Waals surface area contributed by atoms with Crippen LogP contribution in [-0.4, -0.2) is 41.7 Å². The molecule has 2 aliphatic heterocycles. The third kappa shape index (κ3) is 3.42. The number of hydrogen-bond acceptors (Lipinski definition) is 5. The molecule has 6 nitrogen and oxygen atoms in total. The Morgan fingerprint density at radius 2 is 1.86 bits per heavy atom. The molecule has 4 rings (SSSR count). The minimum Gasteiger partial charge on any atom is -0.497 e. The van der Waals surface area contributed by atoms with Crippen LogP contribution >= 0.6 is 0 Å². The monoisotopic (exact) mass is 380 g/mol. The van der Waals surface area contributed by atoms with Crippen LogP contribution in [0.25, 0.3) is 0 Å². The Bertz CT molecular complexity index is 877. The zero-order valence-electron chi connectivity index (χ0n) is 16.3. The number of ether oxygens (including phenoxy) is 2. The van der Waals surface area contributed by atoms with E-state index in [1.165, 1.54) is 0 Å². The van der Waals surface area contributed by atoms with E-state index in [1.54, 1.807) is 12.0 Å². The third-order valence-electron chi connectivity index (χ3n) is 5.36. The van der Waals surface area contributed by atoms with Crippen LogP contribution in [0.3, 0.4) is 0 Å². The number of amides is 1. The van der Waals surface area contributed by atoms with Gasteiger partial charge in [0.2, 0.25) is 6.23 Å². The molecule has 0 aliphatic carbocycles. The fourth-order valence-electron chi connectivity index (χ4n) is 3.78. The molecular formula is C22H24N2O4. The lowest BCUT2D eigenvalue weighted by Crippen LogP contribution is -2.48. The molecule has 2 aromatic carbocycles. The Balaban J connectivity index is 1.52. The number of carbonyl (C=O) groups is 1. The number of oxime groups is 1. The summed E-state index contributed by atoms with van der Waals surface area (Å²) in [6.45, 7) is 3.89. The lowest BCUT2D eigenvalue weighted by Gasteiger charge is -2.31. The summed E-state index contributed by atoms with van der Waals surface area (Å²) in [5, 5.41) is 4.24. The van der Waals surface area contributed by atoms with Crippen molar-refractivity contribution in [2.45, 2.75) is 44.6 Å². The molecule has 0 unspecified atom stereocenters. The molecule has 6 heteroatoms. The zero-order valence-corrected chi connectivity index (χ0v) is 16.3. The summed E-state index contributed by atoms with van der Waals surface area (Å²) < 4.78 is 10.9. The van der Waals surface area contributed by atoms with Gasteiger partial charge in [-0.25, -0.2) is 4.79 Å². The van der Waals surface area contributed by atoms with Gasteiger partial charge in [0.15, 0.2) is 0 Å². The van der Waals surface area contributed by atoms with E-state index in [1.807, 2.05) is 56.3 Å². The predicted octanol–water partition coefficient (Wildman–Crippen LogP) is 3.99. The van der Waals surface area contributed by atoms with Crippen LogP contribution in [0.2, 0.25) is 0 Å². The lowest BCUT2D eigenvalue weighted by atomic mass is 9.91. The van der Waals surface area contributed by atoms with Gasteiger partial charge in [0, 0.05) is 0 Å². The molecule has 146 valence electrons. The molecule has 2 aliphatic rings. The molecule has 0 aromatic heterocycles. The zero-order chi connectivity index (χ0) is 19.7. The molecule has 0 N–H and O–H groups in total. The number of nitrogens with zero attached hydrogens (tertiary/aromatic N) is 2. The summed E-state index contributed by atoms with van der Waals surface area (Å²) in [4.78, 5) is 20.0. The minimum absolute atomic E-state index is 0.141. The number of methoxy groups -OCH3 is 1. The Kier molecular flexibility index (Phi) is 4.71. The molecule has 0 radical (unpaired) electrons. The first-order valence-electron chi connectivity index (χ1n) is 9.40. The maximum atomic E-state index is 12.7. The molecule has 0 saturated carbocycles. The molecular weight excluding hydrogens is 356 g/mol. The van der Waals surface area contributed by atoms with Gasteiger partial charge in [0.25, 0.3) is 0 Å². The highest BCUT2D eigenvalue weighted by atomic mass is 16.7. The van der Waals surface area contributed by atoms with Crippen molar-refractivity contribution in [3.8, 4) is 5.75 Å². The Morgan fingerprint density at radius 3 is 2.54 bits per heavy atom. The second-order valence-corrected chi connectivity index (χ2v) is 7.61. The van der Waals surface area contributed by atoms with Crippen molar-refractivity contribution in [2.24, 2.45) is 5.16 Å². The van der Waals surface area contributed by atoms with E-state index < -0.39 is 11.8 Å². The number of rotatable bonds is 5. The maximum Gasteiger partial charge on any atom is 0.413 e. The Morgan fingerprint density at radius 1 is 1.14 bits per heavy atom. The SMILES string of the molecule is COc1ccc(C2=NO[C@@H](N3C(=O)OC(C)(C)[C@@H]3Cc3ccccc3)C2)cc1. The van der Waals surface area contributed by atoms with Crippen LogP contribution < -0.4 is 4.74 Å². The summed E-state index contributed by atoms with van der Waals surface area (Å²) in [7, 11) is 1.63. The number of cyclic esters (lactones) is 1. The number of hydrogen-bond donors (Lipinski definition) is 0. The summed E-state index contributed by atoms with van der Waals surface area (Å²) in [6, 6.07) is 17.6. The standard InChI is InChI=1S/C22H24N2O4/c1-22(2)19(13-15-7-5-4-6-8-15)24(21(25)27-22)20-14-18(23-28-20)16-9-11-17(26-3)12-10-16/h4-12,19-20H,13-14H2,1-3H3/t19-,20+/m0/s1. The topological polar surface area (TPSA) is 60.4 Å². The van der Waals surface area contributed by atoms with E-state index in [2.05, 4.69) is 17.3 Å². The van der Waals surface area contributed by atoms with Gasteiger partial charge in [0.1, 0.15) is 11.4 Å². The van der Waals surface area contributed by atoms with Crippen molar-refractivity contribution in [3.05, 3.63) is 65.7 Å². The minimum atomic E-state index is -0.612. The fraction of sp³-hybridized carbons (Fsp3) is 0.364. The summed E-state index contributed by atoms with van der Waals surface area (Å²) in [5.41, 5.74) is 2.30. The van der Waals surface area contributed by atoms with E-state index in [9.17, 15) is 4.79 Å². The smallest absolute Gasteiger partial charge is 0.413 e. The van der Waals surface area contributed by atoms with Gasteiger partial charge in [-0.1, -0.05) is 35.5 Å². The lowest BCUT2D eigenvalue weighted by molar-refractivity contribution is -0.0285. The molecule has 2 atom stereocenters. The van der Waals surface area contributed by atoms with E-state index in [0.717, 1.165) is 22.6 Å². The van der Waals surface area contributed by atoms with Gasteiger partial charge in [-0.3, -0.25) is 4.90 Å². The van der Waals surface area contributed by atoms with E-state index >= 15 is 0 Å². The highest BCUT2D eigenvalue weighted by Crippen LogP contribution is 2.36. The molecule has 1 fully saturated rings. The van der Waals surface area contributed by atoms with E-state index in [-0.39, 0.29) is 12.1 Å². The second kappa shape index (κ2) is 7.19. The maximum absolute atomic E-state index is 12.7. The van der Waals surface area contributed by atoms with Crippen molar-refractivity contribution < 1.29 is 19.1 Å². The first kappa shape index (κ1) is 18.3. The van der Waals surface area contributed by atoms with Gasteiger partial charge >= 0.3 is 6.09 Å². The second-order valence-electron chi connectivity index (χ2n) is 7.61. The predicted molar refractivity (Wildman–Crippen MR) is 105 cm³/mol. The summed E-state index contributed by atoms with van der Waals surface area (Å²) in [5.74, 6) is 0.785. The first-order chi connectivity index (χ1) is 13.5. The molecule has 0 spiro atoms. The molecule has 2 heterocycles.